The van der Waals surface area contributed by atoms with E-state index in [1.165, 1.54) is 6.20 Å². The number of hydrogen-bond acceptors (Lipinski definition) is 4. The summed E-state index contributed by atoms with van der Waals surface area (Å²) in [5.74, 6) is -1.03. The van der Waals surface area contributed by atoms with Gasteiger partial charge in [-0.1, -0.05) is 0 Å². The fraction of sp³-hybridized carbons (Fsp3) is 0.200. The largest absolute Gasteiger partial charge is 0.288 e. The Kier molecular flexibility index (Phi) is 1.48. The van der Waals surface area contributed by atoms with Gasteiger partial charge in [-0.05, 0) is 0 Å². The van der Waals surface area contributed by atoms with Crippen LogP contribution >= 0.6 is 0 Å². The van der Waals surface area contributed by atoms with E-state index in [1.807, 2.05) is 0 Å². The first kappa shape index (κ1) is 5.81. The van der Waals surface area contributed by atoms with Crippen LogP contribution in [0.1, 0.15) is 0 Å². The zero-order chi connectivity index (χ0) is 6.69. The summed E-state index contributed by atoms with van der Waals surface area (Å²) < 4.78 is 0. The maximum atomic E-state index is 10.5. The van der Waals surface area contributed by atoms with Gasteiger partial charge in [0.1, 0.15) is 6.54 Å². The van der Waals surface area contributed by atoms with Gasteiger partial charge in [0.25, 0.3) is 0 Å². The molecule has 0 bridgehead atoms. The van der Waals surface area contributed by atoms with Crippen molar-refractivity contribution < 1.29 is 9.59 Å². The maximum Gasteiger partial charge on any atom is 0.225 e. The minimum atomic E-state index is -0.528. The topological polar surface area (TPSA) is 58.9 Å². The van der Waals surface area contributed by atoms with Gasteiger partial charge in [-0.15, -0.1) is 0 Å². The quantitative estimate of drug-likeness (QED) is 0.430. The number of Topliss-reactive ketones (excluding diaryl/α,β-unsaturated/α-hetero) is 1. The number of hydrogen-bond donors (Lipinski definition) is 0. The average Bonchev–Trinajstić information content (AvgIpc) is 1.99. The van der Waals surface area contributed by atoms with E-state index in [0.717, 1.165) is 6.08 Å². The number of carbonyl (C=O) groups excluding carboxylic acids is 2. The second kappa shape index (κ2) is 2.30. The monoisotopic (exact) mass is 124 g/mol. The number of nitrogens with zero attached hydrogens (tertiary/aromatic N) is 2. The van der Waals surface area contributed by atoms with Crippen molar-refractivity contribution >= 4 is 11.6 Å². The molecule has 4 heteroatoms. The third kappa shape index (κ3) is 1.28. The molecule has 1 rings (SSSR count). The Balaban J connectivity index is 2.81. The van der Waals surface area contributed by atoms with Crippen molar-refractivity contribution in [2.45, 2.75) is 0 Å². The first-order chi connectivity index (χ1) is 4.30. The second-order valence-electron chi connectivity index (χ2n) is 1.52. The van der Waals surface area contributed by atoms with Crippen molar-refractivity contribution in [2.75, 3.05) is 6.54 Å². The van der Waals surface area contributed by atoms with Gasteiger partial charge >= 0.3 is 0 Å². The maximum absolute atomic E-state index is 10.5. The molecule has 0 aromatic heterocycles. The van der Waals surface area contributed by atoms with Crippen LogP contribution in [0.2, 0.25) is 0 Å². The molecule has 0 spiro atoms. The van der Waals surface area contributed by atoms with Gasteiger partial charge in [0.05, 0.1) is 6.20 Å². The first-order valence-corrected chi connectivity index (χ1v) is 2.41. The number of ketones is 2. The highest BCUT2D eigenvalue weighted by Crippen LogP contribution is 1.90. The molecule has 0 aliphatic carbocycles. The summed E-state index contributed by atoms with van der Waals surface area (Å²) in [5.41, 5.74) is 0. The van der Waals surface area contributed by atoms with E-state index >= 15 is 0 Å². The third-order valence-corrected chi connectivity index (χ3v) is 0.863. The van der Waals surface area contributed by atoms with Crippen LogP contribution in [0.15, 0.2) is 22.5 Å². The molecule has 1 heterocycles. The van der Waals surface area contributed by atoms with Crippen molar-refractivity contribution in [1.82, 2.24) is 0 Å². The molecule has 0 atom stereocenters. The molecule has 1 aliphatic rings. The molecule has 0 saturated carbocycles. The van der Waals surface area contributed by atoms with Crippen LogP contribution in [-0.4, -0.2) is 18.1 Å². The minimum absolute atomic E-state index is 0.119. The van der Waals surface area contributed by atoms with E-state index in [4.69, 9.17) is 0 Å². The first-order valence-electron chi connectivity index (χ1n) is 2.41. The van der Waals surface area contributed by atoms with Gasteiger partial charge in [-0.3, -0.25) is 9.59 Å². The normalized spacial score (nSPS) is 18.2. The summed E-state index contributed by atoms with van der Waals surface area (Å²) in [6.07, 6.45) is 2.33. The van der Waals surface area contributed by atoms with Crippen LogP contribution in [0.3, 0.4) is 0 Å². The Bertz CT molecular complexity index is 205. The number of carbonyl (C=O) groups is 2. The van der Waals surface area contributed by atoms with Crippen LogP contribution in [-0.2, 0) is 9.59 Å². The molecule has 0 radical (unpaired) electrons. The molecule has 46 valence electrons. The summed E-state index contributed by atoms with van der Waals surface area (Å²) in [6, 6.07) is 0. The fourth-order valence-electron chi connectivity index (χ4n) is 0.424. The fourth-order valence-corrected chi connectivity index (χ4v) is 0.424. The highest BCUT2D eigenvalue weighted by atomic mass is 16.2. The summed E-state index contributed by atoms with van der Waals surface area (Å²) >= 11 is 0. The van der Waals surface area contributed by atoms with Gasteiger partial charge < -0.3 is 0 Å². The lowest BCUT2D eigenvalue weighted by Gasteiger charge is -1.81. The Morgan fingerprint density at radius 3 is 3.00 bits per heavy atom. The van der Waals surface area contributed by atoms with Crippen LogP contribution in [0.25, 0.3) is 0 Å². The smallest absolute Gasteiger partial charge is 0.225 e. The number of azo groups is 1. The Morgan fingerprint density at radius 1 is 1.44 bits per heavy atom. The predicted molar refractivity (Wildman–Crippen MR) is 28.9 cm³/mol. The third-order valence-electron chi connectivity index (χ3n) is 0.863. The molecule has 0 saturated heterocycles. The highest BCUT2D eigenvalue weighted by Gasteiger charge is 2.10. The van der Waals surface area contributed by atoms with Gasteiger partial charge in [0, 0.05) is 6.08 Å². The van der Waals surface area contributed by atoms with E-state index in [9.17, 15) is 9.59 Å². The minimum Gasteiger partial charge on any atom is -0.288 e. The molecule has 0 fully saturated rings. The Labute approximate surface area is 51.3 Å². The van der Waals surface area contributed by atoms with Crippen molar-refractivity contribution in [3.8, 4) is 0 Å². The summed E-state index contributed by atoms with van der Waals surface area (Å²) in [4.78, 5) is 20.9. The molecule has 9 heavy (non-hydrogen) atoms. The standard InChI is InChI=1S/C5H4N2O2/c8-4-1-2-6-7-3-5(4)9/h1-2H,3H2. The van der Waals surface area contributed by atoms with Crippen molar-refractivity contribution in [1.29, 1.82) is 0 Å². The summed E-state index contributed by atoms with van der Waals surface area (Å²) in [7, 11) is 0. The molecule has 1 aliphatic heterocycles. The predicted octanol–water partition coefficient (Wildman–Crippen LogP) is 0.104. The molecular weight excluding hydrogens is 120 g/mol. The second-order valence-corrected chi connectivity index (χ2v) is 1.52. The van der Waals surface area contributed by atoms with E-state index in [1.54, 1.807) is 0 Å². The van der Waals surface area contributed by atoms with E-state index in [-0.39, 0.29) is 6.54 Å². The summed E-state index contributed by atoms with van der Waals surface area (Å²) in [6.45, 7) is -0.119. The van der Waals surface area contributed by atoms with Gasteiger partial charge in [0.15, 0.2) is 0 Å². The average molecular weight is 124 g/mol. The van der Waals surface area contributed by atoms with E-state index < -0.39 is 11.6 Å². The lowest BCUT2D eigenvalue weighted by Crippen LogP contribution is -2.12. The van der Waals surface area contributed by atoms with Gasteiger partial charge in [-0.2, -0.15) is 10.2 Å². The Morgan fingerprint density at radius 2 is 2.22 bits per heavy atom. The van der Waals surface area contributed by atoms with Gasteiger partial charge in [0.2, 0.25) is 11.6 Å². The summed E-state index contributed by atoms with van der Waals surface area (Å²) in [5, 5.41) is 6.74. The van der Waals surface area contributed by atoms with Gasteiger partial charge in [-0.25, -0.2) is 0 Å². The molecule has 0 aromatic carbocycles. The highest BCUT2D eigenvalue weighted by molar-refractivity contribution is 6.42. The molecule has 0 amide bonds. The van der Waals surface area contributed by atoms with Crippen molar-refractivity contribution in [3.63, 3.8) is 0 Å². The van der Waals surface area contributed by atoms with Crippen LogP contribution in [0.4, 0.5) is 0 Å². The van der Waals surface area contributed by atoms with Crippen molar-refractivity contribution in [2.24, 2.45) is 10.2 Å². The van der Waals surface area contributed by atoms with Crippen LogP contribution in [0, 0.1) is 0 Å². The molecule has 0 unspecified atom stereocenters. The van der Waals surface area contributed by atoms with Crippen LogP contribution in [0.5, 0.6) is 0 Å². The SMILES string of the molecule is O=C1C=CN=NCC1=O. The molecular formula is C5H4N2O2. The van der Waals surface area contributed by atoms with Crippen molar-refractivity contribution in [3.05, 3.63) is 12.3 Å². The molecule has 0 aromatic rings. The zero-order valence-electron chi connectivity index (χ0n) is 4.57. The molecule has 4 nitrogen and oxygen atoms in total. The lowest BCUT2D eigenvalue weighted by molar-refractivity contribution is -0.132. The molecule has 0 N–H and O–H groups in total. The van der Waals surface area contributed by atoms with E-state index in [0.29, 0.717) is 0 Å². The Hall–Kier alpha value is -1.32. The van der Waals surface area contributed by atoms with Crippen LogP contribution < -0.4 is 0 Å². The zero-order valence-corrected chi connectivity index (χ0v) is 4.57. The number of allylic oxidation sites excluding steroid dienone is 1. The number of rotatable bonds is 0. The van der Waals surface area contributed by atoms with E-state index in [2.05, 4.69) is 10.2 Å². The lowest BCUT2D eigenvalue weighted by atomic mass is 10.2.